The van der Waals surface area contributed by atoms with Crippen LogP contribution in [0, 0.1) is 20.8 Å². The van der Waals surface area contributed by atoms with Gasteiger partial charge in [0.2, 0.25) is 0 Å². The topological polar surface area (TPSA) is 55.8 Å². The highest BCUT2D eigenvalue weighted by atomic mass is 16.5. The molecule has 0 heterocycles. The second-order valence-corrected chi connectivity index (χ2v) is 6.77. The number of carbonyl (C=O) groups excluding carboxylic acids is 1. The Morgan fingerprint density at radius 2 is 1.78 bits per heavy atom. The van der Waals surface area contributed by atoms with E-state index in [1.807, 2.05) is 12.1 Å². The van der Waals surface area contributed by atoms with Gasteiger partial charge in [0.05, 0.1) is 13.2 Å². The molecule has 0 unspecified atom stereocenters. The largest absolute Gasteiger partial charge is 0.491 e. The van der Waals surface area contributed by atoms with E-state index >= 15 is 0 Å². The summed E-state index contributed by atoms with van der Waals surface area (Å²) in [7, 11) is 0. The minimum absolute atomic E-state index is 0.0536. The zero-order valence-corrected chi connectivity index (χ0v) is 16.6. The molecule has 0 fully saturated rings. The summed E-state index contributed by atoms with van der Waals surface area (Å²) in [5, 5.41) is 9.09. The Hall–Kier alpha value is -2.59. The van der Waals surface area contributed by atoms with Gasteiger partial charge in [-0.2, -0.15) is 0 Å². The van der Waals surface area contributed by atoms with E-state index in [-0.39, 0.29) is 19.8 Å². The van der Waals surface area contributed by atoms with Crippen LogP contribution < -0.4 is 4.74 Å². The summed E-state index contributed by atoms with van der Waals surface area (Å²) in [4.78, 5) is 11.7. The molecule has 0 atom stereocenters. The molecule has 0 bridgehead atoms. The van der Waals surface area contributed by atoms with Crippen molar-refractivity contribution in [2.24, 2.45) is 0 Å². The lowest BCUT2D eigenvalue weighted by molar-refractivity contribution is -0.138. The van der Waals surface area contributed by atoms with Gasteiger partial charge in [-0.3, -0.25) is 0 Å². The van der Waals surface area contributed by atoms with Gasteiger partial charge < -0.3 is 14.6 Å². The van der Waals surface area contributed by atoms with Crippen LogP contribution in [0.3, 0.4) is 0 Å². The summed E-state index contributed by atoms with van der Waals surface area (Å²) < 4.78 is 11.0. The number of esters is 1. The smallest absolute Gasteiger partial charge is 0.333 e. The van der Waals surface area contributed by atoms with Gasteiger partial charge >= 0.3 is 5.97 Å². The van der Waals surface area contributed by atoms with Gasteiger partial charge in [-0.15, -0.1) is 0 Å². The van der Waals surface area contributed by atoms with Gasteiger partial charge in [0.15, 0.2) is 0 Å². The summed E-state index contributed by atoms with van der Waals surface area (Å²) in [6, 6.07) is 10.4. The van der Waals surface area contributed by atoms with E-state index in [9.17, 15) is 4.79 Å². The van der Waals surface area contributed by atoms with E-state index in [1.54, 1.807) is 6.92 Å². The third-order valence-corrected chi connectivity index (χ3v) is 4.51. The fourth-order valence-electron chi connectivity index (χ4n) is 3.11. The number of ether oxygens (including phenoxy) is 2. The Labute approximate surface area is 161 Å². The van der Waals surface area contributed by atoms with Crippen LogP contribution in [-0.2, 0) is 16.0 Å². The molecule has 0 aliphatic heterocycles. The lowest BCUT2D eigenvalue weighted by atomic mass is 9.91. The number of hydrogen-bond donors (Lipinski definition) is 1. The van der Waals surface area contributed by atoms with Gasteiger partial charge in [0.1, 0.15) is 12.4 Å². The lowest BCUT2D eigenvalue weighted by Crippen LogP contribution is -2.11. The van der Waals surface area contributed by atoms with Gasteiger partial charge in [-0.25, -0.2) is 4.79 Å². The van der Waals surface area contributed by atoms with E-state index in [2.05, 4.69) is 45.5 Å². The molecule has 2 aromatic rings. The number of rotatable bonds is 8. The van der Waals surface area contributed by atoms with E-state index in [0.717, 1.165) is 16.7 Å². The minimum atomic E-state index is -0.393. The molecular formula is C23H28O4. The molecule has 0 aromatic heterocycles. The molecule has 0 radical (unpaired) electrons. The Bertz CT molecular complexity index is 837. The Balaban J connectivity index is 2.37. The zero-order valence-electron chi connectivity index (χ0n) is 16.6. The monoisotopic (exact) mass is 368 g/mol. The maximum atomic E-state index is 11.7. The molecule has 144 valence electrons. The van der Waals surface area contributed by atoms with Gasteiger partial charge in [0, 0.05) is 17.6 Å². The molecule has 2 rings (SSSR count). The van der Waals surface area contributed by atoms with Crippen molar-refractivity contribution in [1.29, 1.82) is 0 Å². The third kappa shape index (κ3) is 5.20. The van der Waals surface area contributed by atoms with Crippen molar-refractivity contribution in [3.63, 3.8) is 0 Å². The number of hydrogen-bond acceptors (Lipinski definition) is 4. The third-order valence-electron chi connectivity index (χ3n) is 4.51. The summed E-state index contributed by atoms with van der Waals surface area (Å²) in [6.45, 7) is 11.9. The van der Waals surface area contributed by atoms with E-state index in [1.165, 1.54) is 16.7 Å². The standard InChI is InChI=1S/C23H28O4/c1-15(2)23(25)27-12-10-21-18(5)20(8-9-22(21)26-13-11-24)19-7-6-16(3)14-17(19)4/h6-9,14,24H,1,10-13H2,2-5H3. The zero-order chi connectivity index (χ0) is 20.0. The van der Waals surface area contributed by atoms with E-state index < -0.39 is 5.97 Å². The van der Waals surface area contributed by atoms with Crippen LogP contribution in [0.2, 0.25) is 0 Å². The van der Waals surface area contributed by atoms with Gasteiger partial charge in [-0.1, -0.05) is 36.4 Å². The summed E-state index contributed by atoms with van der Waals surface area (Å²) in [5.74, 6) is 0.317. The van der Waals surface area contributed by atoms with Crippen molar-refractivity contribution in [2.75, 3.05) is 19.8 Å². The molecule has 0 aliphatic rings. The normalized spacial score (nSPS) is 10.6. The second kappa shape index (κ2) is 9.38. The highest BCUT2D eigenvalue weighted by Crippen LogP contribution is 2.34. The Morgan fingerprint density at radius 3 is 2.41 bits per heavy atom. The summed E-state index contributed by atoms with van der Waals surface area (Å²) in [6.07, 6.45) is 0.532. The molecule has 0 spiro atoms. The van der Waals surface area contributed by atoms with Crippen molar-refractivity contribution in [2.45, 2.75) is 34.1 Å². The van der Waals surface area contributed by atoms with Gasteiger partial charge in [0.25, 0.3) is 0 Å². The molecule has 1 N–H and O–H groups in total. The van der Waals surface area contributed by atoms with Crippen LogP contribution >= 0.6 is 0 Å². The number of benzene rings is 2. The highest BCUT2D eigenvalue weighted by Gasteiger charge is 2.15. The average Bonchev–Trinajstić information content (AvgIpc) is 2.62. The van der Waals surface area contributed by atoms with Crippen LogP contribution in [0.15, 0.2) is 42.5 Å². The summed E-state index contributed by atoms with van der Waals surface area (Å²) in [5.41, 5.74) is 7.19. The first-order valence-corrected chi connectivity index (χ1v) is 9.11. The molecular weight excluding hydrogens is 340 g/mol. The number of carbonyl (C=O) groups is 1. The van der Waals surface area contributed by atoms with Crippen molar-refractivity contribution in [3.8, 4) is 16.9 Å². The fourth-order valence-corrected chi connectivity index (χ4v) is 3.11. The lowest BCUT2D eigenvalue weighted by Gasteiger charge is -2.18. The molecule has 4 heteroatoms. The Kier molecular flexibility index (Phi) is 7.19. The molecule has 27 heavy (non-hydrogen) atoms. The van der Waals surface area contributed by atoms with Crippen molar-refractivity contribution in [1.82, 2.24) is 0 Å². The molecule has 0 amide bonds. The van der Waals surface area contributed by atoms with Crippen LogP contribution in [0.4, 0.5) is 0 Å². The minimum Gasteiger partial charge on any atom is -0.491 e. The fraction of sp³-hybridized carbons (Fsp3) is 0.348. The average molecular weight is 368 g/mol. The first-order chi connectivity index (χ1) is 12.8. The van der Waals surface area contributed by atoms with Crippen LogP contribution in [0.25, 0.3) is 11.1 Å². The maximum absolute atomic E-state index is 11.7. The van der Waals surface area contributed by atoms with Crippen LogP contribution in [0.5, 0.6) is 5.75 Å². The maximum Gasteiger partial charge on any atom is 0.333 e. The van der Waals surface area contributed by atoms with Crippen LogP contribution in [-0.4, -0.2) is 30.9 Å². The number of aryl methyl sites for hydroxylation is 2. The molecule has 2 aromatic carbocycles. The highest BCUT2D eigenvalue weighted by molar-refractivity contribution is 5.86. The molecule has 0 saturated heterocycles. The number of aliphatic hydroxyl groups is 1. The SMILES string of the molecule is C=C(C)C(=O)OCCc1c(OCCO)ccc(-c2ccc(C)cc2C)c1C. The van der Waals surface area contributed by atoms with E-state index in [0.29, 0.717) is 17.7 Å². The molecule has 4 nitrogen and oxygen atoms in total. The molecule has 0 saturated carbocycles. The van der Waals surface area contributed by atoms with Crippen molar-refractivity contribution < 1.29 is 19.4 Å². The van der Waals surface area contributed by atoms with Crippen molar-refractivity contribution >= 4 is 5.97 Å². The summed E-state index contributed by atoms with van der Waals surface area (Å²) >= 11 is 0. The quantitative estimate of drug-likeness (QED) is 0.557. The first-order valence-electron chi connectivity index (χ1n) is 9.11. The molecule has 0 aliphatic carbocycles. The second-order valence-electron chi connectivity index (χ2n) is 6.77. The van der Waals surface area contributed by atoms with E-state index in [4.69, 9.17) is 14.6 Å². The number of aliphatic hydroxyl groups excluding tert-OH is 1. The van der Waals surface area contributed by atoms with Crippen LogP contribution in [0.1, 0.15) is 29.2 Å². The Morgan fingerprint density at radius 1 is 1.07 bits per heavy atom. The predicted molar refractivity (Wildman–Crippen MR) is 108 cm³/mol. The first kappa shape index (κ1) is 20.7. The van der Waals surface area contributed by atoms with Crippen molar-refractivity contribution in [3.05, 3.63) is 64.7 Å². The predicted octanol–water partition coefficient (Wildman–Crippen LogP) is 4.31. The van der Waals surface area contributed by atoms with Gasteiger partial charge in [-0.05, 0) is 56.0 Å².